The van der Waals surface area contributed by atoms with Gasteiger partial charge < -0.3 is 9.47 Å². The van der Waals surface area contributed by atoms with E-state index in [1.165, 1.54) is 6.92 Å². The molecule has 0 amide bonds. The molecule has 0 saturated carbocycles. The van der Waals surface area contributed by atoms with Crippen molar-refractivity contribution >= 4 is 36.0 Å². The van der Waals surface area contributed by atoms with Crippen LogP contribution < -0.4 is 4.46 Å². The zero-order chi connectivity index (χ0) is 30.9. The molecule has 3 unspecified atom stereocenters. The molecule has 0 radical (unpaired) electrons. The van der Waals surface area contributed by atoms with Crippen LogP contribution in [0.15, 0.2) is 108 Å². The predicted molar refractivity (Wildman–Crippen MR) is 165 cm³/mol. The summed E-state index contributed by atoms with van der Waals surface area (Å²) in [6.07, 6.45) is 2.39. The summed E-state index contributed by atoms with van der Waals surface area (Å²) >= 11 is -0.325. The number of carbonyl (C=O) groups is 3. The van der Waals surface area contributed by atoms with Crippen LogP contribution in [0.4, 0.5) is 0 Å². The van der Waals surface area contributed by atoms with Gasteiger partial charge in [0, 0.05) is 5.56 Å². The number of ether oxygens (including phenoxy) is 4. The molecule has 43 heavy (non-hydrogen) atoms. The molecule has 8 heteroatoms. The summed E-state index contributed by atoms with van der Waals surface area (Å²) in [5, 5.41) is 0. The van der Waals surface area contributed by atoms with Gasteiger partial charge in [-0.2, -0.15) is 0 Å². The van der Waals surface area contributed by atoms with Crippen LogP contribution in [-0.4, -0.2) is 56.5 Å². The zero-order valence-electron chi connectivity index (χ0n) is 24.8. The van der Waals surface area contributed by atoms with Gasteiger partial charge in [-0.1, -0.05) is 36.9 Å². The van der Waals surface area contributed by atoms with Crippen LogP contribution in [0.2, 0.25) is 0 Å². The van der Waals surface area contributed by atoms with Gasteiger partial charge in [0.2, 0.25) is 0 Å². The van der Waals surface area contributed by atoms with Crippen LogP contribution in [0.3, 0.4) is 0 Å². The number of benzene rings is 2. The van der Waals surface area contributed by atoms with Crippen molar-refractivity contribution in [3.8, 4) is 0 Å². The van der Waals surface area contributed by atoms with Crippen molar-refractivity contribution in [1.29, 1.82) is 0 Å². The SMILES string of the molecule is C=C1COC(c2ccccc2)OC1C[C@H](CC(OC(C)=O)C1=C[C@@H](C/C(C)=C/C(=O)[Se]c2ccccc2)OC1=O)C(=C)C. The van der Waals surface area contributed by atoms with E-state index in [4.69, 9.17) is 18.9 Å². The van der Waals surface area contributed by atoms with Crippen LogP contribution >= 0.6 is 0 Å². The summed E-state index contributed by atoms with van der Waals surface area (Å²) in [7, 11) is 0. The molecule has 2 aliphatic rings. The second-order valence-electron chi connectivity index (χ2n) is 10.9. The summed E-state index contributed by atoms with van der Waals surface area (Å²) in [5.74, 6) is -1.17. The number of carbonyl (C=O) groups excluding carboxylic acids is 3. The van der Waals surface area contributed by atoms with Crippen molar-refractivity contribution in [2.24, 2.45) is 5.92 Å². The number of hydrogen-bond donors (Lipinski definition) is 0. The Balaban J connectivity index is 1.44. The average molecular weight is 650 g/mol. The van der Waals surface area contributed by atoms with Crippen molar-refractivity contribution in [2.45, 2.75) is 64.6 Å². The third kappa shape index (κ3) is 9.47. The molecule has 0 N–H and O–H groups in total. The molecule has 2 heterocycles. The Morgan fingerprint density at radius 3 is 2.40 bits per heavy atom. The van der Waals surface area contributed by atoms with Gasteiger partial charge in [0.05, 0.1) is 6.61 Å². The fourth-order valence-electron chi connectivity index (χ4n) is 5.08. The maximum absolute atomic E-state index is 13.0. The second-order valence-corrected chi connectivity index (χ2v) is 13.2. The third-order valence-electron chi connectivity index (χ3n) is 7.29. The standard InChI is InChI=1S/C35H38O7Se/c1-22(2)27(18-31-24(4)21-39-35(42-31)26-12-8-6-9-13-26)19-32(40-25(5)36)30-20-28(41-34(30)38)16-23(3)17-33(37)43-29-14-10-7-11-15-29/h6-15,17,20,27-28,31-32,35H,1,4,16,18-19,21H2,2-3,5H3/b23-17+/t27-,28-,31?,32?,35?/m1/s1. The molecule has 5 atom stereocenters. The molecule has 2 aromatic rings. The summed E-state index contributed by atoms with van der Waals surface area (Å²) in [6, 6.07) is 19.3. The van der Waals surface area contributed by atoms with E-state index in [-0.39, 0.29) is 31.7 Å². The first kappa shape index (κ1) is 32.4. The Labute approximate surface area is 259 Å². The van der Waals surface area contributed by atoms with Gasteiger partial charge in [-0.15, -0.1) is 0 Å². The fourth-order valence-corrected chi connectivity index (χ4v) is 6.73. The molecule has 7 nitrogen and oxygen atoms in total. The molecule has 226 valence electrons. The Morgan fingerprint density at radius 2 is 1.74 bits per heavy atom. The van der Waals surface area contributed by atoms with Gasteiger partial charge in [-0.25, -0.2) is 0 Å². The number of allylic oxidation sites excluding steroid dienone is 2. The van der Waals surface area contributed by atoms with Gasteiger partial charge in [-0.05, 0) is 5.57 Å². The van der Waals surface area contributed by atoms with Gasteiger partial charge in [0.1, 0.15) is 0 Å². The summed E-state index contributed by atoms with van der Waals surface area (Å²) < 4.78 is 24.5. The molecule has 1 fully saturated rings. The first-order valence-corrected chi connectivity index (χ1v) is 16.0. The van der Waals surface area contributed by atoms with Crippen LogP contribution in [-0.2, 0) is 33.3 Å². The van der Waals surface area contributed by atoms with E-state index in [1.54, 1.807) is 12.2 Å². The number of esters is 2. The molecule has 2 aromatic carbocycles. The van der Waals surface area contributed by atoms with Crippen molar-refractivity contribution in [3.05, 3.63) is 114 Å². The molecule has 0 bridgehead atoms. The Bertz CT molecular complexity index is 1400. The molecular weight excluding hydrogens is 611 g/mol. The predicted octanol–water partition coefficient (Wildman–Crippen LogP) is 5.31. The van der Waals surface area contributed by atoms with Crippen LogP contribution in [0.1, 0.15) is 51.9 Å². The minimum atomic E-state index is -0.818. The molecule has 0 spiro atoms. The number of cyclic esters (lactones) is 1. The molecule has 0 aliphatic carbocycles. The van der Waals surface area contributed by atoms with Gasteiger partial charge in [0.15, 0.2) is 6.29 Å². The van der Waals surface area contributed by atoms with Crippen LogP contribution in [0, 0.1) is 5.92 Å². The third-order valence-corrected chi connectivity index (χ3v) is 9.03. The molecule has 1 saturated heterocycles. The zero-order valence-corrected chi connectivity index (χ0v) is 26.5. The molecule has 0 aromatic heterocycles. The van der Waals surface area contributed by atoms with E-state index < -0.39 is 30.4 Å². The minimum absolute atomic E-state index is 0.0400. The number of hydrogen-bond acceptors (Lipinski definition) is 7. The molecule has 2 aliphatic heterocycles. The number of rotatable bonds is 13. The summed E-state index contributed by atoms with van der Waals surface area (Å²) in [4.78, 5) is 37.7. The van der Waals surface area contributed by atoms with Crippen molar-refractivity contribution in [3.63, 3.8) is 0 Å². The van der Waals surface area contributed by atoms with Crippen molar-refractivity contribution < 1.29 is 33.3 Å². The van der Waals surface area contributed by atoms with E-state index in [2.05, 4.69) is 13.2 Å². The molecular formula is C35H38O7Se. The van der Waals surface area contributed by atoms with E-state index in [0.717, 1.165) is 26.7 Å². The summed E-state index contributed by atoms with van der Waals surface area (Å²) in [5.41, 5.74) is 3.71. The topological polar surface area (TPSA) is 88.1 Å². The molecule has 4 rings (SSSR count). The van der Waals surface area contributed by atoms with E-state index >= 15 is 0 Å². The monoisotopic (exact) mass is 650 g/mol. The second kappa shape index (κ2) is 15.3. The van der Waals surface area contributed by atoms with Crippen LogP contribution in [0.5, 0.6) is 0 Å². The van der Waals surface area contributed by atoms with E-state index in [0.29, 0.717) is 31.4 Å². The van der Waals surface area contributed by atoms with Gasteiger partial charge in [-0.3, -0.25) is 0 Å². The quantitative estimate of drug-likeness (QED) is 0.126. The van der Waals surface area contributed by atoms with Crippen molar-refractivity contribution in [2.75, 3.05) is 6.61 Å². The fraction of sp³-hybridized carbons (Fsp3) is 0.343. The van der Waals surface area contributed by atoms with Gasteiger partial charge >= 0.3 is 190 Å². The van der Waals surface area contributed by atoms with Gasteiger partial charge in [0.25, 0.3) is 0 Å². The Hall–Kier alpha value is -3.55. The van der Waals surface area contributed by atoms with E-state index in [9.17, 15) is 14.4 Å². The van der Waals surface area contributed by atoms with E-state index in [1.807, 2.05) is 74.5 Å². The Kier molecular flexibility index (Phi) is 11.5. The maximum atomic E-state index is 13.0. The van der Waals surface area contributed by atoms with Crippen LogP contribution in [0.25, 0.3) is 0 Å². The Morgan fingerprint density at radius 1 is 1.07 bits per heavy atom. The first-order chi connectivity index (χ1) is 20.6. The van der Waals surface area contributed by atoms with Crippen molar-refractivity contribution in [1.82, 2.24) is 0 Å². The average Bonchev–Trinajstić information content (AvgIpc) is 3.33. The summed E-state index contributed by atoms with van der Waals surface area (Å²) in [6.45, 7) is 13.8. The first-order valence-electron chi connectivity index (χ1n) is 14.3. The normalized spacial score (nSPS) is 21.9.